The molecule has 1 heterocycles. The quantitative estimate of drug-likeness (QED) is 0.158. The molecule has 0 aliphatic heterocycles. The number of anilines is 6. The topological polar surface area (TPSA) is 11.4 Å². The van der Waals surface area contributed by atoms with Crippen molar-refractivity contribution in [2.45, 2.75) is 5.41 Å². The number of aromatic nitrogens is 1. The highest BCUT2D eigenvalue weighted by atomic mass is 15.2. The van der Waals surface area contributed by atoms with Crippen LogP contribution in [0.4, 0.5) is 34.1 Å². The molecule has 0 amide bonds. The van der Waals surface area contributed by atoms with Crippen LogP contribution < -0.4 is 9.80 Å². The molecule has 3 nitrogen and oxygen atoms in total. The number of aryl methyl sites for hydroxylation is 1. The molecule has 1 unspecified atom stereocenters. The number of rotatable bonds is 7. The first-order valence-electron chi connectivity index (χ1n) is 24.6. The Kier molecular flexibility index (Phi) is 7.25. The van der Waals surface area contributed by atoms with Gasteiger partial charge >= 0.3 is 0 Å². The zero-order chi connectivity index (χ0) is 47.4. The van der Waals surface area contributed by atoms with Gasteiger partial charge in [0.25, 0.3) is 0 Å². The Hall–Kier alpha value is -8.40. The van der Waals surface area contributed by atoms with Crippen LogP contribution in [0.2, 0.25) is 0 Å². The Bertz CT molecular complexity index is 3860. The van der Waals surface area contributed by atoms with Crippen LogP contribution in [0, 0.1) is 0 Å². The molecule has 3 heteroatoms. The van der Waals surface area contributed by atoms with E-state index in [4.69, 9.17) is 4.11 Å². The first-order valence-corrected chi connectivity index (χ1v) is 22.1. The third kappa shape index (κ3) is 5.49. The van der Waals surface area contributed by atoms with E-state index in [0.717, 1.165) is 61.4 Å². The summed E-state index contributed by atoms with van der Waals surface area (Å²) in [6, 6.07) is 73.4. The minimum absolute atomic E-state index is 0.148. The Balaban J connectivity index is 1.10. The van der Waals surface area contributed by atoms with Crippen molar-refractivity contribution in [3.8, 4) is 33.4 Å². The lowest BCUT2D eigenvalue weighted by Gasteiger charge is -2.33. The van der Waals surface area contributed by atoms with E-state index in [-0.39, 0.29) is 29.7 Å². The summed E-state index contributed by atoms with van der Waals surface area (Å²) in [6.45, 7) is 0. The van der Waals surface area contributed by atoms with E-state index in [0.29, 0.717) is 11.3 Å². The molecule has 65 heavy (non-hydrogen) atoms. The van der Waals surface area contributed by atoms with Gasteiger partial charge in [-0.3, -0.25) is 0 Å². The normalized spacial score (nSPS) is 15.4. The molecule has 0 saturated carbocycles. The van der Waals surface area contributed by atoms with Gasteiger partial charge in [-0.15, -0.1) is 0 Å². The van der Waals surface area contributed by atoms with Crippen molar-refractivity contribution in [1.82, 2.24) is 4.57 Å². The monoisotopic (exact) mass is 834 g/mol. The van der Waals surface area contributed by atoms with E-state index in [1.807, 2.05) is 24.3 Å². The standard InChI is InChI=1S/C62H43N3/c1-63-59-31-17-14-28-53(59)54-38-35-47(41-61(54)63)65(60-32-18-13-25-48(60)42-19-5-2-6-20-42)46-34-37-52-50-27-12-16-30-56(50)62(58(52)40-46)55-29-15-11-26-49(55)51-36-33-45(39-57(51)62)64(43-21-7-3-8-22-43)44-23-9-4-10-24-44/h2-41H,1H3/i2D,5D,6D,19D,20D. The molecule has 13 rings (SSSR count). The summed E-state index contributed by atoms with van der Waals surface area (Å²) in [6.07, 6.45) is 0. The number of hydrogen-bond acceptors (Lipinski definition) is 2. The summed E-state index contributed by atoms with van der Waals surface area (Å²) in [5.41, 5.74) is 17.1. The average molecular weight is 835 g/mol. The Morgan fingerprint density at radius 3 is 1.49 bits per heavy atom. The van der Waals surface area contributed by atoms with Gasteiger partial charge < -0.3 is 14.4 Å². The van der Waals surface area contributed by atoms with E-state index in [9.17, 15) is 2.74 Å². The SMILES string of the molecule is [2H]c1c([2H])c([2H])c(-c2ccccc2N(c2ccc3c(c2)C2(c4ccccc4-c4ccc(N(c5ccccc5)c5ccccc5)cc42)c2ccccc2-3)c2ccc3c4ccccc4n(C)c3c2)c([2H])c1[2H]. The molecule has 1 spiro atoms. The predicted molar refractivity (Wildman–Crippen MR) is 272 cm³/mol. The van der Waals surface area contributed by atoms with Gasteiger partial charge in [-0.25, -0.2) is 0 Å². The van der Waals surface area contributed by atoms with Crippen LogP contribution in [-0.4, -0.2) is 4.57 Å². The van der Waals surface area contributed by atoms with Crippen molar-refractivity contribution >= 4 is 55.9 Å². The fourth-order valence-corrected chi connectivity index (χ4v) is 11.0. The van der Waals surface area contributed by atoms with Gasteiger partial charge in [0.15, 0.2) is 0 Å². The summed E-state index contributed by atoms with van der Waals surface area (Å²) in [4.78, 5) is 4.53. The Morgan fingerprint density at radius 2 is 0.846 bits per heavy atom. The highest BCUT2D eigenvalue weighted by Gasteiger charge is 2.52. The van der Waals surface area contributed by atoms with Crippen LogP contribution in [0.3, 0.4) is 0 Å². The average Bonchev–Trinajstić information content (AvgIpc) is 3.99. The van der Waals surface area contributed by atoms with E-state index in [1.54, 1.807) is 0 Å². The van der Waals surface area contributed by atoms with Crippen molar-refractivity contribution in [2.24, 2.45) is 7.05 Å². The summed E-state index contributed by atoms with van der Waals surface area (Å²) in [5, 5.41) is 2.28. The molecule has 2 aliphatic carbocycles. The lowest BCUT2D eigenvalue weighted by atomic mass is 9.70. The lowest BCUT2D eigenvalue weighted by Crippen LogP contribution is -2.26. The molecule has 0 radical (unpaired) electrons. The zero-order valence-corrected chi connectivity index (χ0v) is 35.5. The second-order valence-electron chi connectivity index (χ2n) is 16.9. The van der Waals surface area contributed by atoms with Crippen molar-refractivity contribution < 1.29 is 6.85 Å². The molecule has 1 atom stereocenters. The minimum atomic E-state index is -0.721. The van der Waals surface area contributed by atoms with E-state index in [1.165, 1.54) is 33.4 Å². The van der Waals surface area contributed by atoms with Crippen LogP contribution in [0.15, 0.2) is 243 Å². The fraction of sp³-hybridized carbons (Fsp3) is 0.0323. The van der Waals surface area contributed by atoms with Crippen LogP contribution in [0.5, 0.6) is 0 Å². The van der Waals surface area contributed by atoms with Crippen molar-refractivity contribution in [3.63, 3.8) is 0 Å². The first-order chi connectivity index (χ1) is 34.3. The van der Waals surface area contributed by atoms with Gasteiger partial charge in [0.05, 0.1) is 23.5 Å². The number of nitrogens with zero attached hydrogens (tertiary/aromatic N) is 3. The molecule has 0 saturated heterocycles. The highest BCUT2D eigenvalue weighted by molar-refractivity contribution is 6.09. The third-order valence-electron chi connectivity index (χ3n) is 13.7. The van der Waals surface area contributed by atoms with Crippen LogP contribution in [0.1, 0.15) is 29.1 Å². The number of para-hydroxylation sites is 4. The second kappa shape index (κ2) is 14.6. The van der Waals surface area contributed by atoms with E-state index < -0.39 is 11.5 Å². The van der Waals surface area contributed by atoms with Crippen molar-refractivity contribution in [2.75, 3.05) is 9.80 Å². The van der Waals surface area contributed by atoms with E-state index in [2.05, 4.69) is 209 Å². The van der Waals surface area contributed by atoms with Gasteiger partial charge in [0, 0.05) is 57.3 Å². The van der Waals surface area contributed by atoms with Gasteiger partial charge in [-0.05, 0) is 123 Å². The van der Waals surface area contributed by atoms with Crippen LogP contribution in [-0.2, 0) is 12.5 Å². The summed E-state index contributed by atoms with van der Waals surface area (Å²) >= 11 is 0. The maximum Gasteiger partial charge on any atom is 0.0727 e. The molecule has 11 aromatic rings. The lowest BCUT2D eigenvalue weighted by molar-refractivity contribution is 0.793. The number of benzene rings is 10. The Labute approximate surface area is 386 Å². The molecule has 0 fully saturated rings. The van der Waals surface area contributed by atoms with Gasteiger partial charge in [-0.1, -0.05) is 170 Å². The zero-order valence-electron chi connectivity index (χ0n) is 40.5. The molecule has 2 aliphatic rings. The van der Waals surface area contributed by atoms with Crippen LogP contribution >= 0.6 is 0 Å². The molecule has 0 N–H and O–H groups in total. The minimum Gasteiger partial charge on any atom is -0.344 e. The smallest absolute Gasteiger partial charge is 0.0727 e. The number of hydrogen-bond donors (Lipinski definition) is 0. The molecular weight excluding hydrogens is 787 g/mol. The second-order valence-corrected chi connectivity index (χ2v) is 16.9. The summed E-state index contributed by atoms with van der Waals surface area (Å²) in [7, 11) is 2.09. The third-order valence-corrected chi connectivity index (χ3v) is 13.7. The van der Waals surface area contributed by atoms with Crippen molar-refractivity contribution in [3.05, 3.63) is 265 Å². The summed E-state index contributed by atoms with van der Waals surface area (Å²) < 4.78 is 46.5. The first kappa shape index (κ1) is 32.3. The largest absolute Gasteiger partial charge is 0.344 e. The van der Waals surface area contributed by atoms with Crippen LogP contribution in [0.25, 0.3) is 55.2 Å². The fourth-order valence-electron chi connectivity index (χ4n) is 11.0. The maximum atomic E-state index is 9.20. The summed E-state index contributed by atoms with van der Waals surface area (Å²) in [5.74, 6) is 0. The van der Waals surface area contributed by atoms with Gasteiger partial charge in [0.2, 0.25) is 0 Å². The molecule has 1 aromatic heterocycles. The molecule has 0 bridgehead atoms. The van der Waals surface area contributed by atoms with E-state index >= 15 is 0 Å². The Morgan fingerprint density at radius 1 is 0.369 bits per heavy atom. The maximum absolute atomic E-state index is 9.20. The predicted octanol–water partition coefficient (Wildman–Crippen LogP) is 16.3. The molecule has 10 aromatic carbocycles. The van der Waals surface area contributed by atoms with Crippen molar-refractivity contribution in [1.29, 1.82) is 0 Å². The highest BCUT2D eigenvalue weighted by Crippen LogP contribution is 2.64. The van der Waals surface area contributed by atoms with Gasteiger partial charge in [0.1, 0.15) is 0 Å². The molecular formula is C62H43N3. The number of fused-ring (bicyclic) bond motifs is 13. The van der Waals surface area contributed by atoms with Gasteiger partial charge in [-0.2, -0.15) is 0 Å². The molecule has 306 valence electrons.